The topological polar surface area (TPSA) is 96.0 Å². The average molecular weight is 375 g/mol. The van der Waals surface area contributed by atoms with Crippen molar-refractivity contribution in [3.05, 3.63) is 71.7 Å². The van der Waals surface area contributed by atoms with Crippen molar-refractivity contribution in [2.45, 2.75) is 20.8 Å². The Kier molecular flexibility index (Phi) is 5.64. The molecule has 3 rings (SSSR count). The molecule has 0 saturated heterocycles. The predicted octanol–water partition coefficient (Wildman–Crippen LogP) is 4.05. The maximum atomic E-state index is 12.6. The van der Waals surface area contributed by atoms with Gasteiger partial charge in [0.05, 0.1) is 0 Å². The van der Waals surface area contributed by atoms with Crippen LogP contribution in [0.4, 0.5) is 22.9 Å². The highest BCUT2D eigenvalue weighted by Gasteiger charge is 2.11. The number of hydrogen-bond acceptors (Lipinski definition) is 5. The van der Waals surface area contributed by atoms with Gasteiger partial charge in [-0.15, -0.1) is 0 Å². The summed E-state index contributed by atoms with van der Waals surface area (Å²) < 4.78 is 0. The molecule has 0 fully saturated rings. The fourth-order valence-corrected chi connectivity index (χ4v) is 2.57. The van der Waals surface area contributed by atoms with Gasteiger partial charge in [-0.05, 0) is 50.2 Å². The first kappa shape index (κ1) is 19.0. The fraction of sp³-hybridized carbons (Fsp3) is 0.143. The van der Waals surface area contributed by atoms with Crippen molar-refractivity contribution in [3.8, 4) is 0 Å². The number of aromatic nitrogens is 2. The molecule has 0 aliphatic rings. The largest absolute Gasteiger partial charge is 0.340 e. The van der Waals surface area contributed by atoms with Crippen LogP contribution in [-0.2, 0) is 4.79 Å². The van der Waals surface area contributed by atoms with Crippen molar-refractivity contribution >= 4 is 34.7 Å². The van der Waals surface area contributed by atoms with Gasteiger partial charge in [-0.2, -0.15) is 0 Å². The standard InChI is InChI=1S/C21H21N5O2/c1-13-4-6-17(7-5-13)25-20-12-19(22-14(2)23-20)21(28)26-18-10-8-16(9-11-18)24-15(3)27/h4-12H,1-3H3,(H,24,27)(H,26,28)(H,22,23,25). The Hall–Kier alpha value is -3.74. The summed E-state index contributed by atoms with van der Waals surface area (Å²) >= 11 is 0. The number of aryl methyl sites for hydroxylation is 2. The summed E-state index contributed by atoms with van der Waals surface area (Å²) in [7, 11) is 0. The minimum absolute atomic E-state index is 0.151. The molecule has 0 radical (unpaired) electrons. The van der Waals surface area contributed by atoms with E-state index >= 15 is 0 Å². The van der Waals surface area contributed by atoms with Crippen LogP contribution in [0.5, 0.6) is 0 Å². The van der Waals surface area contributed by atoms with E-state index in [0.717, 1.165) is 11.3 Å². The molecule has 0 spiro atoms. The number of carbonyl (C=O) groups is 2. The summed E-state index contributed by atoms with van der Waals surface area (Å²) in [5.41, 5.74) is 3.56. The second-order valence-electron chi connectivity index (χ2n) is 6.39. The Morgan fingerprint density at radius 3 is 1.96 bits per heavy atom. The quantitative estimate of drug-likeness (QED) is 0.625. The molecular weight excluding hydrogens is 354 g/mol. The number of hydrogen-bond donors (Lipinski definition) is 3. The highest BCUT2D eigenvalue weighted by atomic mass is 16.2. The van der Waals surface area contributed by atoms with Crippen LogP contribution in [0, 0.1) is 13.8 Å². The van der Waals surface area contributed by atoms with E-state index in [1.165, 1.54) is 6.92 Å². The second-order valence-corrected chi connectivity index (χ2v) is 6.39. The van der Waals surface area contributed by atoms with Gasteiger partial charge in [0, 0.05) is 30.1 Å². The summed E-state index contributed by atoms with van der Waals surface area (Å²) in [5, 5.41) is 8.66. The first-order valence-corrected chi connectivity index (χ1v) is 8.77. The van der Waals surface area contributed by atoms with Gasteiger partial charge in [-0.1, -0.05) is 17.7 Å². The molecule has 7 nitrogen and oxygen atoms in total. The lowest BCUT2D eigenvalue weighted by Gasteiger charge is -2.10. The van der Waals surface area contributed by atoms with E-state index < -0.39 is 0 Å². The van der Waals surface area contributed by atoms with Crippen LogP contribution in [0.2, 0.25) is 0 Å². The van der Waals surface area contributed by atoms with Crippen molar-refractivity contribution in [2.75, 3.05) is 16.0 Å². The number of benzene rings is 2. The van der Waals surface area contributed by atoms with Crippen molar-refractivity contribution in [1.82, 2.24) is 9.97 Å². The summed E-state index contributed by atoms with van der Waals surface area (Å²) in [6, 6.07) is 16.3. The molecule has 1 heterocycles. The van der Waals surface area contributed by atoms with Crippen LogP contribution in [0.1, 0.15) is 28.8 Å². The SMILES string of the molecule is CC(=O)Nc1ccc(NC(=O)c2cc(Nc3ccc(C)cc3)nc(C)n2)cc1. The van der Waals surface area contributed by atoms with E-state index in [1.54, 1.807) is 37.3 Å². The summed E-state index contributed by atoms with van der Waals surface area (Å²) in [6.45, 7) is 5.19. The zero-order valence-electron chi connectivity index (χ0n) is 15.9. The summed E-state index contributed by atoms with van der Waals surface area (Å²) in [4.78, 5) is 32.2. The van der Waals surface area contributed by atoms with E-state index in [1.807, 2.05) is 31.2 Å². The summed E-state index contributed by atoms with van der Waals surface area (Å²) in [6.07, 6.45) is 0. The van der Waals surface area contributed by atoms with Gasteiger partial charge in [0.15, 0.2) is 0 Å². The van der Waals surface area contributed by atoms with Crippen LogP contribution in [0.3, 0.4) is 0 Å². The number of nitrogens with zero attached hydrogens (tertiary/aromatic N) is 2. The van der Waals surface area contributed by atoms with Crippen molar-refractivity contribution in [3.63, 3.8) is 0 Å². The molecule has 0 saturated carbocycles. The molecule has 0 atom stereocenters. The molecule has 142 valence electrons. The summed E-state index contributed by atoms with van der Waals surface area (Å²) in [5.74, 6) is 0.539. The lowest BCUT2D eigenvalue weighted by molar-refractivity contribution is -0.114. The number of carbonyl (C=O) groups excluding carboxylic acids is 2. The van der Waals surface area contributed by atoms with Gasteiger partial charge in [-0.25, -0.2) is 9.97 Å². The fourth-order valence-electron chi connectivity index (χ4n) is 2.57. The van der Waals surface area contributed by atoms with E-state index in [2.05, 4.69) is 25.9 Å². The first-order chi connectivity index (χ1) is 13.4. The molecule has 3 N–H and O–H groups in total. The van der Waals surface area contributed by atoms with Crippen molar-refractivity contribution in [2.24, 2.45) is 0 Å². The van der Waals surface area contributed by atoms with Gasteiger partial charge < -0.3 is 16.0 Å². The minimum atomic E-state index is -0.343. The Balaban J connectivity index is 1.73. The molecule has 0 aliphatic carbocycles. The normalized spacial score (nSPS) is 10.2. The van der Waals surface area contributed by atoms with Crippen LogP contribution in [0.15, 0.2) is 54.6 Å². The number of amides is 2. The zero-order chi connectivity index (χ0) is 20.1. The minimum Gasteiger partial charge on any atom is -0.340 e. The van der Waals surface area contributed by atoms with Gasteiger partial charge in [0.25, 0.3) is 5.91 Å². The number of nitrogens with one attached hydrogen (secondary N) is 3. The van der Waals surface area contributed by atoms with Crippen LogP contribution < -0.4 is 16.0 Å². The Bertz CT molecular complexity index is 998. The lowest BCUT2D eigenvalue weighted by atomic mass is 10.2. The average Bonchev–Trinajstić information content (AvgIpc) is 2.64. The molecule has 0 unspecified atom stereocenters. The molecule has 1 aromatic heterocycles. The highest BCUT2D eigenvalue weighted by Crippen LogP contribution is 2.18. The highest BCUT2D eigenvalue weighted by molar-refractivity contribution is 6.03. The van der Waals surface area contributed by atoms with E-state index in [0.29, 0.717) is 23.0 Å². The number of anilines is 4. The molecule has 2 amide bonds. The van der Waals surface area contributed by atoms with Crippen LogP contribution in [-0.4, -0.2) is 21.8 Å². The molecular formula is C21H21N5O2. The Morgan fingerprint density at radius 2 is 1.36 bits per heavy atom. The monoisotopic (exact) mass is 375 g/mol. The van der Waals surface area contributed by atoms with Crippen molar-refractivity contribution in [1.29, 1.82) is 0 Å². The molecule has 0 aliphatic heterocycles. The van der Waals surface area contributed by atoms with Crippen LogP contribution in [0.25, 0.3) is 0 Å². The third-order valence-corrected chi connectivity index (χ3v) is 3.86. The molecule has 2 aromatic carbocycles. The van der Waals surface area contributed by atoms with Gasteiger partial charge in [0.1, 0.15) is 17.3 Å². The second kappa shape index (κ2) is 8.30. The smallest absolute Gasteiger partial charge is 0.274 e. The maximum Gasteiger partial charge on any atom is 0.274 e. The first-order valence-electron chi connectivity index (χ1n) is 8.77. The van der Waals surface area contributed by atoms with Gasteiger partial charge in [-0.3, -0.25) is 9.59 Å². The third kappa shape index (κ3) is 5.14. The van der Waals surface area contributed by atoms with Crippen LogP contribution >= 0.6 is 0 Å². The zero-order valence-corrected chi connectivity index (χ0v) is 15.9. The molecule has 3 aromatic rings. The van der Waals surface area contributed by atoms with Crippen molar-refractivity contribution < 1.29 is 9.59 Å². The Morgan fingerprint density at radius 1 is 0.786 bits per heavy atom. The molecule has 28 heavy (non-hydrogen) atoms. The Labute approximate surface area is 163 Å². The van der Waals surface area contributed by atoms with Gasteiger partial charge >= 0.3 is 0 Å². The van der Waals surface area contributed by atoms with E-state index in [-0.39, 0.29) is 17.5 Å². The predicted molar refractivity (Wildman–Crippen MR) is 110 cm³/mol. The third-order valence-electron chi connectivity index (χ3n) is 3.86. The van der Waals surface area contributed by atoms with E-state index in [9.17, 15) is 9.59 Å². The molecule has 0 bridgehead atoms. The lowest BCUT2D eigenvalue weighted by Crippen LogP contribution is -2.15. The van der Waals surface area contributed by atoms with Gasteiger partial charge in [0.2, 0.25) is 5.91 Å². The number of rotatable bonds is 5. The molecule has 7 heteroatoms. The maximum absolute atomic E-state index is 12.6. The van der Waals surface area contributed by atoms with E-state index in [4.69, 9.17) is 0 Å².